The molecule has 0 saturated heterocycles. The van der Waals surface area contributed by atoms with Crippen molar-refractivity contribution in [2.45, 2.75) is 33.2 Å². The summed E-state index contributed by atoms with van der Waals surface area (Å²) in [6, 6.07) is 6.26. The maximum absolute atomic E-state index is 9.14. The van der Waals surface area contributed by atoms with Crippen LogP contribution in [0.25, 0.3) is 0 Å². The third kappa shape index (κ3) is 2.74. The maximum atomic E-state index is 9.14. The molecule has 1 aromatic rings. The first kappa shape index (κ1) is 11.1. The zero-order valence-electron chi connectivity index (χ0n) is 9.39. The summed E-state index contributed by atoms with van der Waals surface area (Å²) in [5.74, 6) is 0. The standard InChI is InChI=1S/C12H19NO/c1-9-5-6-11(10(2)7-9)13-12(3,4)8-14/h5-7,13-14H,8H2,1-4H3. The minimum Gasteiger partial charge on any atom is -0.394 e. The Morgan fingerprint density at radius 3 is 2.43 bits per heavy atom. The SMILES string of the molecule is Cc1ccc(NC(C)(C)CO)c(C)c1. The summed E-state index contributed by atoms with van der Waals surface area (Å²) in [5.41, 5.74) is 3.30. The van der Waals surface area contributed by atoms with Crippen molar-refractivity contribution in [1.82, 2.24) is 0 Å². The largest absolute Gasteiger partial charge is 0.394 e. The lowest BCUT2D eigenvalue weighted by Gasteiger charge is -2.26. The van der Waals surface area contributed by atoms with E-state index in [1.54, 1.807) is 0 Å². The van der Waals surface area contributed by atoms with Gasteiger partial charge in [0.25, 0.3) is 0 Å². The van der Waals surface area contributed by atoms with Crippen LogP contribution in [0.3, 0.4) is 0 Å². The van der Waals surface area contributed by atoms with E-state index >= 15 is 0 Å². The second kappa shape index (κ2) is 4.01. The minimum atomic E-state index is -0.264. The van der Waals surface area contributed by atoms with Crippen molar-refractivity contribution in [3.8, 4) is 0 Å². The van der Waals surface area contributed by atoms with Crippen molar-refractivity contribution < 1.29 is 5.11 Å². The van der Waals surface area contributed by atoms with Gasteiger partial charge in [-0.25, -0.2) is 0 Å². The third-order valence-corrected chi connectivity index (χ3v) is 2.25. The number of hydrogen-bond acceptors (Lipinski definition) is 2. The number of aryl methyl sites for hydroxylation is 2. The lowest BCUT2D eigenvalue weighted by Crippen LogP contribution is -2.35. The molecule has 2 heteroatoms. The fourth-order valence-corrected chi connectivity index (χ4v) is 1.36. The van der Waals surface area contributed by atoms with Crippen molar-refractivity contribution >= 4 is 5.69 Å². The Kier molecular flexibility index (Phi) is 3.17. The Balaban J connectivity index is 2.87. The summed E-state index contributed by atoms with van der Waals surface area (Å²) < 4.78 is 0. The number of anilines is 1. The van der Waals surface area contributed by atoms with Crippen molar-refractivity contribution in [1.29, 1.82) is 0 Å². The fourth-order valence-electron chi connectivity index (χ4n) is 1.36. The Morgan fingerprint density at radius 1 is 1.29 bits per heavy atom. The van der Waals surface area contributed by atoms with Gasteiger partial charge in [0.05, 0.1) is 12.1 Å². The molecular formula is C12H19NO. The van der Waals surface area contributed by atoms with Crippen LogP contribution < -0.4 is 5.32 Å². The van der Waals surface area contributed by atoms with Crippen LogP contribution in [0.4, 0.5) is 5.69 Å². The first-order valence-corrected chi connectivity index (χ1v) is 4.91. The molecule has 1 rings (SSSR count). The van der Waals surface area contributed by atoms with Crippen LogP contribution in [0.15, 0.2) is 18.2 Å². The van der Waals surface area contributed by atoms with E-state index in [-0.39, 0.29) is 12.1 Å². The van der Waals surface area contributed by atoms with Gasteiger partial charge >= 0.3 is 0 Å². The van der Waals surface area contributed by atoms with Crippen LogP contribution in [0.2, 0.25) is 0 Å². The van der Waals surface area contributed by atoms with Crippen LogP contribution in [0, 0.1) is 13.8 Å². The second-order valence-electron chi connectivity index (χ2n) is 4.49. The molecule has 0 saturated carbocycles. The van der Waals surface area contributed by atoms with Gasteiger partial charge in [0.2, 0.25) is 0 Å². The number of benzene rings is 1. The number of aliphatic hydroxyl groups is 1. The fraction of sp³-hybridized carbons (Fsp3) is 0.500. The molecule has 14 heavy (non-hydrogen) atoms. The third-order valence-electron chi connectivity index (χ3n) is 2.25. The minimum absolute atomic E-state index is 0.125. The van der Waals surface area contributed by atoms with Crippen LogP contribution in [-0.2, 0) is 0 Å². The zero-order valence-corrected chi connectivity index (χ0v) is 9.39. The molecule has 0 aliphatic carbocycles. The van der Waals surface area contributed by atoms with Gasteiger partial charge in [-0.15, -0.1) is 0 Å². The monoisotopic (exact) mass is 193 g/mol. The van der Waals surface area contributed by atoms with Gasteiger partial charge in [-0.05, 0) is 39.3 Å². The van der Waals surface area contributed by atoms with Crippen LogP contribution >= 0.6 is 0 Å². The second-order valence-corrected chi connectivity index (χ2v) is 4.49. The summed E-state index contributed by atoms with van der Waals surface area (Å²) >= 11 is 0. The molecule has 0 atom stereocenters. The van der Waals surface area contributed by atoms with Crippen molar-refractivity contribution in [2.24, 2.45) is 0 Å². The van der Waals surface area contributed by atoms with Gasteiger partial charge in [0.15, 0.2) is 0 Å². The highest BCUT2D eigenvalue weighted by molar-refractivity contribution is 5.53. The molecular weight excluding hydrogens is 174 g/mol. The Bertz CT molecular complexity index is 318. The number of rotatable bonds is 3. The van der Waals surface area contributed by atoms with E-state index in [4.69, 9.17) is 5.11 Å². The van der Waals surface area contributed by atoms with Gasteiger partial charge in [-0.2, -0.15) is 0 Å². The first-order chi connectivity index (χ1) is 6.44. The van der Waals surface area contributed by atoms with Crippen molar-refractivity contribution in [3.63, 3.8) is 0 Å². The molecule has 0 aliphatic rings. The highest BCUT2D eigenvalue weighted by atomic mass is 16.3. The van der Waals surface area contributed by atoms with E-state index in [0.29, 0.717) is 0 Å². The molecule has 0 amide bonds. The van der Waals surface area contributed by atoms with E-state index < -0.39 is 0 Å². The first-order valence-electron chi connectivity index (χ1n) is 4.91. The molecule has 0 unspecified atom stereocenters. The molecule has 0 fully saturated rings. The predicted octanol–water partition coefficient (Wildman–Crippen LogP) is 2.49. The summed E-state index contributed by atoms with van der Waals surface area (Å²) in [6.45, 7) is 8.23. The summed E-state index contributed by atoms with van der Waals surface area (Å²) in [5, 5.41) is 12.5. The average molecular weight is 193 g/mol. The molecule has 1 aromatic carbocycles. The van der Waals surface area contributed by atoms with E-state index in [1.165, 1.54) is 11.1 Å². The lowest BCUT2D eigenvalue weighted by molar-refractivity contribution is 0.234. The van der Waals surface area contributed by atoms with Gasteiger partial charge in [0.1, 0.15) is 0 Å². The van der Waals surface area contributed by atoms with Gasteiger partial charge in [-0.1, -0.05) is 17.7 Å². The molecule has 0 bridgehead atoms. The number of nitrogens with one attached hydrogen (secondary N) is 1. The molecule has 78 valence electrons. The van der Waals surface area contributed by atoms with Gasteiger partial charge in [0, 0.05) is 5.69 Å². The highest BCUT2D eigenvalue weighted by Crippen LogP contribution is 2.20. The van der Waals surface area contributed by atoms with Crippen molar-refractivity contribution in [2.75, 3.05) is 11.9 Å². The van der Waals surface area contributed by atoms with Crippen LogP contribution in [0.1, 0.15) is 25.0 Å². The Morgan fingerprint density at radius 2 is 1.93 bits per heavy atom. The van der Waals surface area contributed by atoms with E-state index in [2.05, 4.69) is 37.4 Å². The molecule has 0 heterocycles. The summed E-state index contributed by atoms with van der Waals surface area (Å²) in [6.07, 6.45) is 0. The lowest BCUT2D eigenvalue weighted by atomic mass is 10.0. The van der Waals surface area contributed by atoms with E-state index in [1.807, 2.05) is 13.8 Å². The molecule has 0 radical (unpaired) electrons. The Labute approximate surface area is 86.0 Å². The summed E-state index contributed by atoms with van der Waals surface area (Å²) in [7, 11) is 0. The molecule has 2 N–H and O–H groups in total. The molecule has 0 spiro atoms. The number of aliphatic hydroxyl groups excluding tert-OH is 1. The average Bonchev–Trinajstić information content (AvgIpc) is 2.10. The zero-order chi connectivity index (χ0) is 10.8. The van der Waals surface area contributed by atoms with E-state index in [9.17, 15) is 0 Å². The number of hydrogen-bond donors (Lipinski definition) is 2. The molecule has 0 aliphatic heterocycles. The topological polar surface area (TPSA) is 32.3 Å². The quantitative estimate of drug-likeness (QED) is 0.773. The maximum Gasteiger partial charge on any atom is 0.0656 e. The van der Waals surface area contributed by atoms with Gasteiger partial charge in [-0.3, -0.25) is 0 Å². The predicted molar refractivity (Wildman–Crippen MR) is 60.7 cm³/mol. The summed E-state index contributed by atoms with van der Waals surface area (Å²) in [4.78, 5) is 0. The van der Waals surface area contributed by atoms with Crippen LogP contribution in [-0.4, -0.2) is 17.3 Å². The van der Waals surface area contributed by atoms with Crippen molar-refractivity contribution in [3.05, 3.63) is 29.3 Å². The van der Waals surface area contributed by atoms with Crippen LogP contribution in [0.5, 0.6) is 0 Å². The Hall–Kier alpha value is -1.02. The normalized spacial score (nSPS) is 11.5. The van der Waals surface area contributed by atoms with Gasteiger partial charge < -0.3 is 10.4 Å². The molecule has 2 nitrogen and oxygen atoms in total. The molecule has 0 aromatic heterocycles. The smallest absolute Gasteiger partial charge is 0.0656 e. The van der Waals surface area contributed by atoms with E-state index in [0.717, 1.165) is 5.69 Å². The highest BCUT2D eigenvalue weighted by Gasteiger charge is 2.16.